The molecule has 3 unspecified atom stereocenters. The molecule has 0 bridgehead atoms. The van der Waals surface area contributed by atoms with Crippen LogP contribution in [0.25, 0.3) is 0 Å². The Kier molecular flexibility index (Phi) is 4.48. The zero-order valence-corrected chi connectivity index (χ0v) is 11.1. The Hall–Kier alpha value is -1.22. The van der Waals surface area contributed by atoms with Crippen molar-refractivity contribution < 1.29 is 14.6 Å². The van der Waals surface area contributed by atoms with E-state index in [2.05, 4.69) is 6.92 Å². The monoisotopic (exact) mass is 250 g/mol. The third-order valence-corrected chi connectivity index (χ3v) is 3.79. The van der Waals surface area contributed by atoms with Crippen molar-refractivity contribution in [1.82, 2.24) is 0 Å². The predicted octanol–water partition coefficient (Wildman–Crippen LogP) is 3.01. The quantitative estimate of drug-likeness (QED) is 0.892. The average molecular weight is 250 g/mol. The number of methoxy groups -OCH3 is 1. The van der Waals surface area contributed by atoms with Gasteiger partial charge in [-0.15, -0.1) is 0 Å². The lowest BCUT2D eigenvalue weighted by Crippen LogP contribution is -2.38. The van der Waals surface area contributed by atoms with E-state index in [-0.39, 0.29) is 12.2 Å². The lowest BCUT2D eigenvalue weighted by atomic mass is 9.84. The van der Waals surface area contributed by atoms with Gasteiger partial charge in [0, 0.05) is 0 Å². The van der Waals surface area contributed by atoms with Gasteiger partial charge in [-0.3, -0.25) is 0 Å². The summed E-state index contributed by atoms with van der Waals surface area (Å²) < 4.78 is 11.2. The fourth-order valence-corrected chi connectivity index (χ4v) is 2.57. The Bertz CT molecular complexity index is 378. The minimum absolute atomic E-state index is 0.111. The average Bonchev–Trinajstić information content (AvgIpc) is 2.42. The molecule has 0 radical (unpaired) electrons. The molecular weight excluding hydrogens is 228 g/mol. The maximum atomic E-state index is 10.0. The smallest absolute Gasteiger partial charge is 0.161 e. The molecule has 1 saturated carbocycles. The molecule has 1 fully saturated rings. The molecule has 0 heterocycles. The first kappa shape index (κ1) is 13.2. The molecule has 1 aliphatic rings. The molecule has 18 heavy (non-hydrogen) atoms. The van der Waals surface area contributed by atoms with Crippen molar-refractivity contribution in [3.63, 3.8) is 0 Å². The summed E-state index contributed by atoms with van der Waals surface area (Å²) in [4.78, 5) is 0. The molecule has 3 heteroatoms. The second kappa shape index (κ2) is 6.10. The van der Waals surface area contributed by atoms with Crippen molar-refractivity contribution in [1.29, 1.82) is 0 Å². The summed E-state index contributed by atoms with van der Waals surface area (Å²) >= 11 is 0. The van der Waals surface area contributed by atoms with Crippen molar-refractivity contribution in [2.75, 3.05) is 7.11 Å². The summed E-state index contributed by atoms with van der Waals surface area (Å²) in [5, 5.41) is 10.0. The van der Waals surface area contributed by atoms with E-state index in [1.807, 2.05) is 24.3 Å². The second-order valence-corrected chi connectivity index (χ2v) is 4.96. The number of rotatable bonds is 4. The van der Waals surface area contributed by atoms with E-state index in [1.54, 1.807) is 7.11 Å². The van der Waals surface area contributed by atoms with Crippen LogP contribution in [0, 0.1) is 5.92 Å². The number of para-hydroxylation sites is 2. The third-order valence-electron chi connectivity index (χ3n) is 3.79. The Morgan fingerprint density at radius 1 is 1.22 bits per heavy atom. The van der Waals surface area contributed by atoms with Crippen LogP contribution in [0.15, 0.2) is 24.3 Å². The summed E-state index contributed by atoms with van der Waals surface area (Å²) in [6.45, 7) is 2.20. The van der Waals surface area contributed by atoms with Crippen LogP contribution in [-0.4, -0.2) is 24.4 Å². The van der Waals surface area contributed by atoms with Gasteiger partial charge in [-0.2, -0.15) is 0 Å². The van der Waals surface area contributed by atoms with Crippen LogP contribution in [-0.2, 0) is 0 Å². The van der Waals surface area contributed by atoms with Gasteiger partial charge >= 0.3 is 0 Å². The van der Waals surface area contributed by atoms with Gasteiger partial charge < -0.3 is 14.6 Å². The zero-order chi connectivity index (χ0) is 13.0. The van der Waals surface area contributed by atoms with E-state index in [9.17, 15) is 5.11 Å². The molecule has 100 valence electrons. The van der Waals surface area contributed by atoms with E-state index < -0.39 is 0 Å². The van der Waals surface area contributed by atoms with Gasteiger partial charge in [0.2, 0.25) is 0 Å². The van der Waals surface area contributed by atoms with E-state index in [0.717, 1.165) is 37.2 Å². The van der Waals surface area contributed by atoms with Crippen LogP contribution in [0.4, 0.5) is 0 Å². The van der Waals surface area contributed by atoms with Gasteiger partial charge in [-0.05, 0) is 37.3 Å². The van der Waals surface area contributed by atoms with Gasteiger partial charge in [0.25, 0.3) is 0 Å². The van der Waals surface area contributed by atoms with Gasteiger partial charge in [-0.25, -0.2) is 0 Å². The summed E-state index contributed by atoms with van der Waals surface area (Å²) in [6, 6.07) is 7.60. The molecule has 1 N–H and O–H groups in total. The van der Waals surface area contributed by atoms with Crippen molar-refractivity contribution in [2.24, 2.45) is 5.92 Å². The van der Waals surface area contributed by atoms with Gasteiger partial charge in [0.1, 0.15) is 6.10 Å². The number of hydrogen-bond acceptors (Lipinski definition) is 3. The van der Waals surface area contributed by atoms with Crippen LogP contribution >= 0.6 is 0 Å². The number of hydrogen-bond donors (Lipinski definition) is 1. The molecule has 2 rings (SSSR count). The maximum Gasteiger partial charge on any atom is 0.161 e. The van der Waals surface area contributed by atoms with Crippen LogP contribution in [0.3, 0.4) is 0 Å². The predicted molar refractivity (Wildman–Crippen MR) is 71.0 cm³/mol. The molecule has 0 spiro atoms. The Morgan fingerprint density at radius 2 is 1.94 bits per heavy atom. The van der Waals surface area contributed by atoms with Crippen LogP contribution in [0.5, 0.6) is 11.5 Å². The number of aliphatic hydroxyl groups is 1. The SMILES string of the molecule is CCC1CCC(O)C(Oc2ccccc2OC)C1. The lowest BCUT2D eigenvalue weighted by Gasteiger charge is -2.33. The summed E-state index contributed by atoms with van der Waals surface area (Å²) in [6.07, 6.45) is 3.54. The van der Waals surface area contributed by atoms with Gasteiger partial charge in [0.15, 0.2) is 11.5 Å². The molecule has 3 nitrogen and oxygen atoms in total. The molecule has 0 aliphatic heterocycles. The molecule has 1 aliphatic carbocycles. The van der Waals surface area contributed by atoms with Gasteiger partial charge in [0.05, 0.1) is 13.2 Å². The summed E-state index contributed by atoms with van der Waals surface area (Å²) in [5.41, 5.74) is 0. The zero-order valence-electron chi connectivity index (χ0n) is 11.1. The summed E-state index contributed by atoms with van der Waals surface area (Å²) in [5.74, 6) is 2.11. The largest absolute Gasteiger partial charge is 0.493 e. The van der Waals surface area contributed by atoms with Crippen molar-refractivity contribution in [3.8, 4) is 11.5 Å². The summed E-state index contributed by atoms with van der Waals surface area (Å²) in [7, 11) is 1.63. The van der Waals surface area contributed by atoms with E-state index in [1.165, 1.54) is 0 Å². The van der Waals surface area contributed by atoms with E-state index in [0.29, 0.717) is 5.92 Å². The number of ether oxygens (including phenoxy) is 2. The molecule has 1 aromatic carbocycles. The molecule has 1 aromatic rings. The van der Waals surface area contributed by atoms with Crippen LogP contribution in [0.2, 0.25) is 0 Å². The minimum Gasteiger partial charge on any atom is -0.493 e. The highest BCUT2D eigenvalue weighted by atomic mass is 16.5. The lowest BCUT2D eigenvalue weighted by molar-refractivity contribution is -0.0119. The molecular formula is C15H22O3. The maximum absolute atomic E-state index is 10.0. The molecule has 3 atom stereocenters. The third kappa shape index (κ3) is 2.96. The molecule has 0 aromatic heterocycles. The Morgan fingerprint density at radius 3 is 2.61 bits per heavy atom. The first-order chi connectivity index (χ1) is 8.74. The fraction of sp³-hybridized carbons (Fsp3) is 0.600. The van der Waals surface area contributed by atoms with Crippen LogP contribution < -0.4 is 9.47 Å². The topological polar surface area (TPSA) is 38.7 Å². The molecule has 0 amide bonds. The highest BCUT2D eigenvalue weighted by molar-refractivity contribution is 5.39. The van der Waals surface area contributed by atoms with Crippen molar-refractivity contribution in [2.45, 2.75) is 44.8 Å². The fourth-order valence-electron chi connectivity index (χ4n) is 2.57. The van der Waals surface area contributed by atoms with Crippen LogP contribution in [0.1, 0.15) is 32.6 Å². The highest BCUT2D eigenvalue weighted by Gasteiger charge is 2.30. The normalized spacial score (nSPS) is 27.8. The number of benzene rings is 1. The van der Waals surface area contributed by atoms with Crippen molar-refractivity contribution >= 4 is 0 Å². The first-order valence-electron chi connectivity index (χ1n) is 6.72. The van der Waals surface area contributed by atoms with Crippen molar-refractivity contribution in [3.05, 3.63) is 24.3 Å². The molecule has 0 saturated heterocycles. The Labute approximate surface area is 109 Å². The second-order valence-electron chi connectivity index (χ2n) is 4.96. The number of aliphatic hydroxyl groups excluding tert-OH is 1. The minimum atomic E-state index is -0.363. The van der Waals surface area contributed by atoms with E-state index in [4.69, 9.17) is 9.47 Å². The highest BCUT2D eigenvalue weighted by Crippen LogP contribution is 2.33. The van der Waals surface area contributed by atoms with Gasteiger partial charge in [-0.1, -0.05) is 25.5 Å². The van der Waals surface area contributed by atoms with E-state index >= 15 is 0 Å². The standard InChI is InChI=1S/C15H22O3/c1-3-11-8-9-12(16)15(10-11)18-14-7-5-4-6-13(14)17-2/h4-7,11-12,15-16H,3,8-10H2,1-2H3. The first-order valence-corrected chi connectivity index (χ1v) is 6.72. The Balaban J connectivity index is 2.07.